The van der Waals surface area contributed by atoms with Gasteiger partial charge in [-0.25, -0.2) is 0 Å². The van der Waals surface area contributed by atoms with E-state index in [-0.39, 0.29) is 0 Å². The molecule has 0 saturated carbocycles. The van der Waals surface area contributed by atoms with E-state index in [0.29, 0.717) is 0 Å². The zero-order valence-electron chi connectivity index (χ0n) is 9.45. The van der Waals surface area contributed by atoms with Gasteiger partial charge in [-0.15, -0.1) is 0 Å². The second kappa shape index (κ2) is 12.0. The number of hydrogen-bond donors (Lipinski definition) is 0. The van der Waals surface area contributed by atoms with E-state index in [4.69, 9.17) is 0 Å². The van der Waals surface area contributed by atoms with Crippen molar-refractivity contribution in [2.75, 3.05) is 0 Å². The van der Waals surface area contributed by atoms with Crippen molar-refractivity contribution in [1.82, 2.24) is 0 Å². The summed E-state index contributed by atoms with van der Waals surface area (Å²) in [4.78, 5) is 0. The van der Waals surface area contributed by atoms with Crippen LogP contribution in [0.4, 0.5) is 0 Å². The highest BCUT2D eigenvalue weighted by Crippen LogP contribution is 1.98. The van der Waals surface area contributed by atoms with Crippen LogP contribution in [0.5, 0.6) is 0 Å². The molecule has 14 heavy (non-hydrogen) atoms. The van der Waals surface area contributed by atoms with Gasteiger partial charge in [-0.1, -0.05) is 55.5 Å². The normalized spacial score (nSPS) is 13.0. The predicted octanol–water partition coefficient (Wildman–Crippen LogP) is 4.81. The summed E-state index contributed by atoms with van der Waals surface area (Å²) in [6.45, 7) is 4.19. The summed E-state index contributed by atoms with van der Waals surface area (Å²) in [5.74, 6) is 0. The van der Waals surface area contributed by atoms with Crippen LogP contribution in [0, 0.1) is 0 Å². The molecule has 0 atom stereocenters. The van der Waals surface area contributed by atoms with Crippen LogP contribution >= 0.6 is 0 Å². The maximum atomic E-state index is 2.27. The molecule has 0 aliphatic heterocycles. The summed E-state index contributed by atoms with van der Waals surface area (Å²) in [5, 5.41) is 0. The Labute approximate surface area is 88.7 Å². The number of rotatable bonds is 7. The lowest BCUT2D eigenvalue weighted by Gasteiger charge is -1.88. The van der Waals surface area contributed by atoms with Gasteiger partial charge >= 0.3 is 0 Å². The van der Waals surface area contributed by atoms with Crippen LogP contribution in [-0.2, 0) is 0 Å². The fraction of sp³-hybridized carbons (Fsp3) is 0.429. The molecule has 0 spiro atoms. The smallest absolute Gasteiger partial charge is 0.0345 e. The maximum Gasteiger partial charge on any atom is -0.0345 e. The van der Waals surface area contributed by atoms with Crippen LogP contribution < -0.4 is 0 Å². The first-order chi connectivity index (χ1) is 6.91. The van der Waals surface area contributed by atoms with Crippen molar-refractivity contribution in [3.8, 4) is 0 Å². The highest BCUT2D eigenvalue weighted by molar-refractivity contribution is 5.10. The molecular formula is C14H22. The van der Waals surface area contributed by atoms with Gasteiger partial charge in [0.2, 0.25) is 0 Å². The molecule has 0 aliphatic rings. The van der Waals surface area contributed by atoms with E-state index in [1.54, 1.807) is 0 Å². The molecule has 0 fully saturated rings. The number of hydrogen-bond acceptors (Lipinski definition) is 0. The van der Waals surface area contributed by atoms with Crippen molar-refractivity contribution in [3.63, 3.8) is 0 Å². The van der Waals surface area contributed by atoms with Gasteiger partial charge in [0.15, 0.2) is 0 Å². The molecule has 0 heterocycles. The van der Waals surface area contributed by atoms with Gasteiger partial charge in [0.25, 0.3) is 0 Å². The lowest BCUT2D eigenvalue weighted by Crippen LogP contribution is -1.68. The van der Waals surface area contributed by atoms with Crippen LogP contribution in [-0.4, -0.2) is 0 Å². The Bertz CT molecular complexity index is 204. The third kappa shape index (κ3) is 11.0. The number of allylic oxidation sites excluding steroid dienone is 8. The van der Waals surface area contributed by atoms with Crippen molar-refractivity contribution >= 4 is 0 Å². The Morgan fingerprint density at radius 3 is 2.21 bits per heavy atom. The molecule has 0 aliphatic carbocycles. The van der Waals surface area contributed by atoms with Gasteiger partial charge < -0.3 is 0 Å². The van der Waals surface area contributed by atoms with E-state index in [1.165, 1.54) is 19.3 Å². The molecule has 0 radical (unpaired) electrons. The second-order valence-corrected chi connectivity index (χ2v) is 3.15. The highest BCUT2D eigenvalue weighted by Gasteiger charge is 1.78. The molecule has 0 bridgehead atoms. The summed E-state index contributed by atoms with van der Waals surface area (Å²) in [7, 11) is 0. The molecule has 0 saturated heterocycles. The molecule has 0 rings (SSSR count). The molecule has 0 N–H and O–H groups in total. The monoisotopic (exact) mass is 190 g/mol. The van der Waals surface area contributed by atoms with E-state index in [0.717, 1.165) is 6.42 Å². The van der Waals surface area contributed by atoms with Crippen LogP contribution in [0.2, 0.25) is 0 Å². The fourth-order valence-corrected chi connectivity index (χ4v) is 1.05. The molecule has 0 amide bonds. The summed E-state index contributed by atoms with van der Waals surface area (Å²) in [6.07, 6.45) is 21.8. The van der Waals surface area contributed by atoms with Crippen molar-refractivity contribution in [2.24, 2.45) is 0 Å². The summed E-state index contributed by atoms with van der Waals surface area (Å²) in [6, 6.07) is 0. The van der Waals surface area contributed by atoms with E-state index in [1.807, 2.05) is 25.2 Å². The third-order valence-corrected chi connectivity index (χ3v) is 1.81. The summed E-state index contributed by atoms with van der Waals surface area (Å²) in [5.41, 5.74) is 0. The predicted molar refractivity (Wildman–Crippen MR) is 66.4 cm³/mol. The van der Waals surface area contributed by atoms with Crippen molar-refractivity contribution in [2.45, 2.75) is 39.5 Å². The van der Waals surface area contributed by atoms with Gasteiger partial charge in [0.05, 0.1) is 0 Å². The third-order valence-electron chi connectivity index (χ3n) is 1.81. The molecular weight excluding hydrogens is 168 g/mol. The largest absolute Gasteiger partial charge is 0.0888 e. The van der Waals surface area contributed by atoms with Crippen molar-refractivity contribution in [1.29, 1.82) is 0 Å². The minimum Gasteiger partial charge on any atom is -0.0888 e. The maximum absolute atomic E-state index is 2.27. The second-order valence-electron chi connectivity index (χ2n) is 3.15. The average Bonchev–Trinajstić information content (AvgIpc) is 2.21. The zero-order valence-corrected chi connectivity index (χ0v) is 9.45. The van der Waals surface area contributed by atoms with Crippen LogP contribution in [0.3, 0.4) is 0 Å². The lowest BCUT2D eigenvalue weighted by atomic mass is 10.2. The van der Waals surface area contributed by atoms with Crippen molar-refractivity contribution in [3.05, 3.63) is 48.6 Å². The first-order valence-corrected chi connectivity index (χ1v) is 5.51. The van der Waals surface area contributed by atoms with E-state index in [9.17, 15) is 0 Å². The van der Waals surface area contributed by atoms with Gasteiger partial charge in [-0.3, -0.25) is 0 Å². The minimum atomic E-state index is 1.15. The van der Waals surface area contributed by atoms with Gasteiger partial charge in [-0.2, -0.15) is 0 Å². The topological polar surface area (TPSA) is 0 Å². The Morgan fingerprint density at radius 2 is 1.50 bits per heavy atom. The molecule has 0 nitrogen and oxygen atoms in total. The van der Waals surface area contributed by atoms with E-state index in [2.05, 4.69) is 37.3 Å². The quantitative estimate of drug-likeness (QED) is 0.307. The van der Waals surface area contributed by atoms with Crippen molar-refractivity contribution < 1.29 is 0 Å². The molecule has 0 heteroatoms. The van der Waals surface area contributed by atoms with E-state index < -0.39 is 0 Å². The molecule has 0 aromatic rings. The summed E-state index contributed by atoms with van der Waals surface area (Å²) < 4.78 is 0. The standard InChI is InChI=1S/C14H22/c1-3-5-7-9-11-13-14-12-10-8-6-4-2/h3,5-9,11,13H,4,10,12,14H2,1-2H3. The Balaban J connectivity index is 3.31. The van der Waals surface area contributed by atoms with Crippen LogP contribution in [0.15, 0.2) is 48.6 Å². The van der Waals surface area contributed by atoms with Gasteiger partial charge in [0.1, 0.15) is 0 Å². The fourth-order valence-electron chi connectivity index (χ4n) is 1.05. The van der Waals surface area contributed by atoms with Crippen LogP contribution in [0.1, 0.15) is 39.5 Å². The molecule has 78 valence electrons. The summed E-state index contributed by atoms with van der Waals surface area (Å²) >= 11 is 0. The van der Waals surface area contributed by atoms with E-state index >= 15 is 0 Å². The average molecular weight is 190 g/mol. The van der Waals surface area contributed by atoms with Gasteiger partial charge in [0, 0.05) is 0 Å². The Hall–Kier alpha value is -1.04. The van der Waals surface area contributed by atoms with Gasteiger partial charge in [-0.05, 0) is 32.6 Å². The highest BCUT2D eigenvalue weighted by atomic mass is 13.8. The first kappa shape index (κ1) is 13.0. The molecule has 0 aromatic carbocycles. The van der Waals surface area contributed by atoms with Crippen LogP contribution in [0.25, 0.3) is 0 Å². The first-order valence-electron chi connectivity index (χ1n) is 5.51. The Kier molecular flexibility index (Phi) is 11.1. The minimum absolute atomic E-state index is 1.15. The molecule has 0 aromatic heterocycles. The lowest BCUT2D eigenvalue weighted by molar-refractivity contribution is 0.865. The molecule has 0 unspecified atom stereocenters. The SMILES string of the molecule is CC=CC=CC=CCCCC=CCC. The zero-order chi connectivity index (χ0) is 10.5. The number of unbranched alkanes of at least 4 members (excludes halogenated alkanes) is 2. The Morgan fingerprint density at radius 1 is 0.786 bits per heavy atom.